The van der Waals surface area contributed by atoms with Crippen LogP contribution in [-0.2, 0) is 4.79 Å². The highest BCUT2D eigenvalue weighted by atomic mass is 79.9. The summed E-state index contributed by atoms with van der Waals surface area (Å²) in [5, 5.41) is 0. The largest absolute Gasteiger partial charge is 0.297 e. The quantitative estimate of drug-likeness (QED) is 0.717. The first kappa shape index (κ1) is 12.0. The molecule has 0 unspecified atom stereocenters. The molecule has 1 saturated carbocycles. The Kier molecular flexibility index (Phi) is 4.73. The van der Waals surface area contributed by atoms with Crippen LogP contribution in [0.5, 0.6) is 0 Å². The van der Waals surface area contributed by atoms with Gasteiger partial charge in [0.05, 0.1) is 0 Å². The van der Waals surface area contributed by atoms with E-state index in [2.05, 4.69) is 31.9 Å². The second-order valence-corrected chi connectivity index (χ2v) is 6.97. The van der Waals surface area contributed by atoms with Gasteiger partial charge in [-0.2, -0.15) is 0 Å². The highest BCUT2D eigenvalue weighted by molar-refractivity contribution is 9.25. The van der Waals surface area contributed by atoms with Crippen molar-refractivity contribution >= 4 is 49.2 Å². The molecule has 76 valence electrons. The van der Waals surface area contributed by atoms with E-state index in [0.717, 1.165) is 25.7 Å². The Morgan fingerprint density at radius 3 is 2.23 bits per heavy atom. The van der Waals surface area contributed by atoms with Gasteiger partial charge in [0.1, 0.15) is 3.74 Å². The van der Waals surface area contributed by atoms with Gasteiger partial charge in [-0.3, -0.25) is 4.79 Å². The van der Waals surface area contributed by atoms with Gasteiger partial charge in [0, 0.05) is 11.3 Å². The number of hydrogen-bond acceptors (Lipinski definition) is 1. The van der Waals surface area contributed by atoms with E-state index in [1.54, 1.807) is 0 Å². The van der Waals surface area contributed by atoms with E-state index in [4.69, 9.17) is 11.6 Å². The maximum atomic E-state index is 11.9. The number of Topliss-reactive ketones (excluding diaryl/α,β-unsaturated/α-hetero) is 1. The van der Waals surface area contributed by atoms with Gasteiger partial charge in [0.25, 0.3) is 0 Å². The van der Waals surface area contributed by atoms with E-state index in [1.807, 2.05) is 0 Å². The summed E-state index contributed by atoms with van der Waals surface area (Å²) in [5.74, 6) is 0.668. The monoisotopic (exact) mass is 330 g/mol. The molecule has 1 rings (SSSR count). The maximum absolute atomic E-state index is 11.9. The number of hydrogen-bond donors (Lipinski definition) is 0. The third-order valence-corrected chi connectivity index (χ3v) is 4.13. The molecule has 0 spiro atoms. The van der Waals surface area contributed by atoms with Gasteiger partial charge in [-0.05, 0) is 12.8 Å². The van der Waals surface area contributed by atoms with Crippen LogP contribution in [0.3, 0.4) is 0 Å². The van der Waals surface area contributed by atoms with Crippen molar-refractivity contribution in [2.24, 2.45) is 5.41 Å². The normalized spacial score (nSPS) is 21.8. The van der Waals surface area contributed by atoms with Crippen molar-refractivity contribution in [3.05, 3.63) is 0 Å². The molecule has 1 aliphatic rings. The zero-order chi connectivity index (χ0) is 9.90. The van der Waals surface area contributed by atoms with E-state index in [9.17, 15) is 4.79 Å². The summed E-state index contributed by atoms with van der Waals surface area (Å²) >= 11 is 12.4. The van der Waals surface area contributed by atoms with Crippen molar-refractivity contribution < 1.29 is 4.79 Å². The van der Waals surface area contributed by atoms with Gasteiger partial charge in [-0.15, -0.1) is 11.6 Å². The summed E-state index contributed by atoms with van der Waals surface area (Å²) in [6.45, 7) is 0. The summed E-state index contributed by atoms with van der Waals surface area (Å²) in [7, 11) is 0. The van der Waals surface area contributed by atoms with Crippen LogP contribution in [0.1, 0.15) is 32.1 Å². The first-order chi connectivity index (χ1) is 6.12. The lowest BCUT2D eigenvalue weighted by molar-refractivity contribution is -0.127. The van der Waals surface area contributed by atoms with Gasteiger partial charge in [0.2, 0.25) is 0 Å². The molecule has 1 aliphatic carbocycles. The highest BCUT2D eigenvalue weighted by Gasteiger charge is 2.40. The Labute approximate surface area is 101 Å². The summed E-state index contributed by atoms with van der Waals surface area (Å²) in [6.07, 6.45) is 5.39. The number of ketones is 1. The molecule has 0 aromatic heterocycles. The van der Waals surface area contributed by atoms with Gasteiger partial charge in [0.15, 0.2) is 5.78 Å². The maximum Gasteiger partial charge on any atom is 0.164 e. The van der Waals surface area contributed by atoms with Crippen molar-refractivity contribution in [1.82, 2.24) is 0 Å². The van der Waals surface area contributed by atoms with Crippen molar-refractivity contribution in [3.8, 4) is 0 Å². The predicted octanol–water partition coefficient (Wildman–Crippen LogP) is 3.86. The predicted molar refractivity (Wildman–Crippen MR) is 62.9 cm³/mol. The molecule has 0 aromatic rings. The SMILES string of the molecule is O=C(C(Br)Br)C1(CCl)CCCCC1. The number of alkyl halides is 3. The van der Waals surface area contributed by atoms with Crippen LogP contribution < -0.4 is 0 Å². The van der Waals surface area contributed by atoms with E-state index >= 15 is 0 Å². The van der Waals surface area contributed by atoms with Crippen LogP contribution in [0.25, 0.3) is 0 Å². The fraction of sp³-hybridized carbons (Fsp3) is 0.889. The number of carbonyl (C=O) groups excluding carboxylic acids is 1. The average Bonchev–Trinajstić information content (AvgIpc) is 2.17. The molecule has 0 aliphatic heterocycles. The van der Waals surface area contributed by atoms with Crippen LogP contribution in [0.2, 0.25) is 0 Å². The molecule has 4 heteroatoms. The van der Waals surface area contributed by atoms with Crippen molar-refractivity contribution in [1.29, 1.82) is 0 Å². The van der Waals surface area contributed by atoms with E-state index < -0.39 is 0 Å². The summed E-state index contributed by atoms with van der Waals surface area (Å²) in [5.41, 5.74) is -0.266. The summed E-state index contributed by atoms with van der Waals surface area (Å²) in [4.78, 5) is 11.9. The standard InChI is InChI=1S/C9H13Br2ClO/c10-8(11)7(13)9(6-12)4-2-1-3-5-9/h8H,1-6H2. The van der Waals surface area contributed by atoms with E-state index in [-0.39, 0.29) is 14.9 Å². The molecular formula is C9H13Br2ClO. The molecule has 0 radical (unpaired) electrons. The first-order valence-corrected chi connectivity index (χ1v) is 6.87. The van der Waals surface area contributed by atoms with Gasteiger partial charge < -0.3 is 0 Å². The molecule has 13 heavy (non-hydrogen) atoms. The number of carbonyl (C=O) groups is 1. The van der Waals surface area contributed by atoms with Gasteiger partial charge in [-0.25, -0.2) is 0 Å². The van der Waals surface area contributed by atoms with Crippen LogP contribution in [0.15, 0.2) is 0 Å². The van der Waals surface area contributed by atoms with Crippen molar-refractivity contribution in [2.75, 3.05) is 5.88 Å². The van der Waals surface area contributed by atoms with E-state index in [0.29, 0.717) is 5.88 Å². The highest BCUT2D eigenvalue weighted by Crippen LogP contribution is 2.40. The Morgan fingerprint density at radius 2 is 1.85 bits per heavy atom. The molecule has 0 aromatic carbocycles. The summed E-state index contributed by atoms with van der Waals surface area (Å²) < 4.78 is -0.239. The molecule has 0 amide bonds. The van der Waals surface area contributed by atoms with Gasteiger partial charge >= 0.3 is 0 Å². The van der Waals surface area contributed by atoms with Crippen LogP contribution >= 0.6 is 43.5 Å². The minimum absolute atomic E-state index is 0.210. The van der Waals surface area contributed by atoms with E-state index in [1.165, 1.54) is 6.42 Å². The molecular weight excluding hydrogens is 319 g/mol. The number of halogens is 3. The molecule has 0 N–H and O–H groups in total. The van der Waals surface area contributed by atoms with Crippen LogP contribution in [-0.4, -0.2) is 15.4 Å². The Hall–Kier alpha value is 0.920. The molecule has 1 fully saturated rings. The zero-order valence-electron chi connectivity index (χ0n) is 7.36. The van der Waals surface area contributed by atoms with Crippen molar-refractivity contribution in [2.45, 2.75) is 35.8 Å². The minimum Gasteiger partial charge on any atom is -0.297 e. The first-order valence-electron chi connectivity index (χ1n) is 4.51. The van der Waals surface area contributed by atoms with Gasteiger partial charge in [-0.1, -0.05) is 51.1 Å². The summed E-state index contributed by atoms with van der Waals surface area (Å²) in [6, 6.07) is 0. The second kappa shape index (κ2) is 5.13. The Bertz CT molecular complexity index is 188. The minimum atomic E-state index is -0.266. The van der Waals surface area contributed by atoms with Crippen LogP contribution in [0.4, 0.5) is 0 Å². The lowest BCUT2D eigenvalue weighted by atomic mass is 9.73. The molecule has 0 heterocycles. The second-order valence-electron chi connectivity index (χ2n) is 3.64. The molecule has 0 atom stereocenters. The molecule has 0 saturated heterocycles. The Morgan fingerprint density at radius 1 is 1.31 bits per heavy atom. The fourth-order valence-electron chi connectivity index (χ4n) is 1.91. The smallest absolute Gasteiger partial charge is 0.164 e. The van der Waals surface area contributed by atoms with Crippen LogP contribution in [0, 0.1) is 5.41 Å². The lowest BCUT2D eigenvalue weighted by Gasteiger charge is -2.34. The third kappa shape index (κ3) is 2.69. The third-order valence-electron chi connectivity index (χ3n) is 2.79. The number of rotatable bonds is 3. The topological polar surface area (TPSA) is 17.1 Å². The molecule has 0 bridgehead atoms. The average molecular weight is 332 g/mol. The molecule has 1 nitrogen and oxygen atoms in total. The lowest BCUT2D eigenvalue weighted by Crippen LogP contribution is -2.38. The fourth-order valence-corrected chi connectivity index (χ4v) is 3.28. The van der Waals surface area contributed by atoms with Crippen molar-refractivity contribution in [3.63, 3.8) is 0 Å². The Balaban J connectivity index is 2.72. The zero-order valence-corrected chi connectivity index (χ0v) is 11.3.